The quantitative estimate of drug-likeness (QED) is 0.877. The number of carbonyl (C=O) groups excluding carboxylic acids is 1. The fraction of sp³-hybridized carbons (Fsp3) is 0.462. The summed E-state index contributed by atoms with van der Waals surface area (Å²) < 4.78 is 14.1. The van der Waals surface area contributed by atoms with Crippen molar-refractivity contribution in [3.63, 3.8) is 0 Å². The molecule has 1 aromatic carbocycles. The van der Waals surface area contributed by atoms with Crippen molar-refractivity contribution < 1.29 is 14.3 Å². The molecule has 0 aromatic heterocycles. The Morgan fingerprint density at radius 2 is 2.22 bits per heavy atom. The lowest BCUT2D eigenvalue weighted by atomic mass is 10.0. The molecule has 0 fully saturated rings. The highest BCUT2D eigenvalue weighted by molar-refractivity contribution is 9.10. The normalized spacial score (nSPS) is 14.1. The highest BCUT2D eigenvalue weighted by Gasteiger charge is 2.16. The van der Waals surface area contributed by atoms with Gasteiger partial charge in [0.15, 0.2) is 0 Å². The predicted octanol–water partition coefficient (Wildman–Crippen LogP) is 2.73. The lowest BCUT2D eigenvalue weighted by molar-refractivity contribution is 0.0846. The Balaban J connectivity index is 2.60. The third-order valence-corrected chi connectivity index (χ3v) is 3.44. The van der Waals surface area contributed by atoms with E-state index in [1.807, 2.05) is 13.8 Å². The van der Waals surface area contributed by atoms with Gasteiger partial charge in [-0.05, 0) is 24.1 Å². The average Bonchev–Trinajstić information content (AvgIpc) is 2.34. The van der Waals surface area contributed by atoms with Gasteiger partial charge >= 0.3 is 0 Å². The molecule has 0 aliphatic rings. The second-order valence-corrected chi connectivity index (χ2v) is 5.20. The molecule has 0 bridgehead atoms. The van der Waals surface area contributed by atoms with Crippen molar-refractivity contribution in [3.8, 4) is 0 Å². The van der Waals surface area contributed by atoms with Gasteiger partial charge < -0.3 is 10.4 Å². The van der Waals surface area contributed by atoms with Crippen molar-refractivity contribution in [3.05, 3.63) is 34.1 Å². The molecule has 0 saturated heterocycles. The second-order valence-electron chi connectivity index (χ2n) is 4.29. The van der Waals surface area contributed by atoms with Gasteiger partial charge in [-0.25, -0.2) is 4.39 Å². The SMILES string of the molecule is CCC(C)C(O)CNC(=O)c1ccc(Br)cc1F. The smallest absolute Gasteiger partial charge is 0.254 e. The van der Waals surface area contributed by atoms with Crippen molar-refractivity contribution in [1.29, 1.82) is 0 Å². The standard InChI is InChI=1S/C13H17BrFNO2/c1-3-8(2)12(17)7-16-13(18)10-5-4-9(14)6-11(10)15/h4-6,8,12,17H,3,7H2,1-2H3,(H,16,18). The van der Waals surface area contributed by atoms with Gasteiger partial charge in [-0.3, -0.25) is 4.79 Å². The number of benzene rings is 1. The Kier molecular flexibility index (Phi) is 5.75. The number of hydrogen-bond donors (Lipinski definition) is 2. The van der Waals surface area contributed by atoms with Crippen molar-refractivity contribution in [2.75, 3.05) is 6.54 Å². The molecular formula is C13H17BrFNO2. The van der Waals surface area contributed by atoms with Crippen LogP contribution in [0.15, 0.2) is 22.7 Å². The molecule has 5 heteroatoms. The summed E-state index contributed by atoms with van der Waals surface area (Å²) in [6, 6.07) is 4.24. The zero-order valence-corrected chi connectivity index (χ0v) is 12.0. The molecule has 0 aliphatic carbocycles. The van der Waals surface area contributed by atoms with E-state index >= 15 is 0 Å². The number of hydrogen-bond acceptors (Lipinski definition) is 2. The van der Waals surface area contributed by atoms with Crippen molar-refractivity contribution in [2.24, 2.45) is 5.92 Å². The largest absolute Gasteiger partial charge is 0.391 e. The highest BCUT2D eigenvalue weighted by atomic mass is 79.9. The van der Waals surface area contributed by atoms with Crippen LogP contribution >= 0.6 is 15.9 Å². The average molecular weight is 318 g/mol. The van der Waals surface area contributed by atoms with Crippen LogP contribution < -0.4 is 5.32 Å². The lowest BCUT2D eigenvalue weighted by Crippen LogP contribution is -2.35. The van der Waals surface area contributed by atoms with E-state index in [1.54, 1.807) is 6.07 Å². The summed E-state index contributed by atoms with van der Waals surface area (Å²) >= 11 is 3.12. The maximum atomic E-state index is 13.5. The first kappa shape index (κ1) is 15.1. The lowest BCUT2D eigenvalue weighted by Gasteiger charge is -2.17. The van der Waals surface area contributed by atoms with Crippen LogP contribution in [0.2, 0.25) is 0 Å². The van der Waals surface area contributed by atoms with Gasteiger partial charge in [0.2, 0.25) is 0 Å². The van der Waals surface area contributed by atoms with Gasteiger partial charge in [0.25, 0.3) is 5.91 Å². The molecule has 2 N–H and O–H groups in total. The molecule has 3 nitrogen and oxygen atoms in total. The van der Waals surface area contributed by atoms with Gasteiger partial charge in [0.05, 0.1) is 11.7 Å². The third kappa shape index (κ3) is 4.07. The first-order valence-corrected chi connectivity index (χ1v) is 6.66. The first-order chi connectivity index (χ1) is 8.45. The van der Waals surface area contributed by atoms with Crippen LogP contribution in [0.5, 0.6) is 0 Å². The van der Waals surface area contributed by atoms with E-state index in [4.69, 9.17) is 0 Å². The Hall–Kier alpha value is -0.940. The summed E-state index contributed by atoms with van der Waals surface area (Å²) in [5, 5.41) is 12.2. The number of rotatable bonds is 5. The van der Waals surface area contributed by atoms with E-state index in [9.17, 15) is 14.3 Å². The molecule has 0 aliphatic heterocycles. The molecular weight excluding hydrogens is 301 g/mol. The number of aliphatic hydroxyl groups is 1. The molecule has 2 atom stereocenters. The fourth-order valence-corrected chi connectivity index (χ4v) is 1.77. The minimum Gasteiger partial charge on any atom is -0.391 e. The summed E-state index contributed by atoms with van der Waals surface area (Å²) in [6.45, 7) is 3.99. The maximum absolute atomic E-state index is 13.5. The Morgan fingerprint density at radius 1 is 1.56 bits per heavy atom. The van der Waals surface area contributed by atoms with E-state index in [2.05, 4.69) is 21.2 Å². The van der Waals surface area contributed by atoms with E-state index in [0.29, 0.717) is 4.47 Å². The number of aliphatic hydroxyl groups excluding tert-OH is 1. The van der Waals surface area contributed by atoms with Crippen molar-refractivity contribution in [2.45, 2.75) is 26.4 Å². The van der Waals surface area contributed by atoms with E-state index in [-0.39, 0.29) is 18.0 Å². The third-order valence-electron chi connectivity index (χ3n) is 2.95. The number of nitrogens with one attached hydrogen (secondary N) is 1. The van der Waals surface area contributed by atoms with Gasteiger partial charge in [-0.15, -0.1) is 0 Å². The topological polar surface area (TPSA) is 49.3 Å². The highest BCUT2D eigenvalue weighted by Crippen LogP contribution is 2.15. The minimum absolute atomic E-state index is 0.0189. The second kappa shape index (κ2) is 6.85. The summed E-state index contributed by atoms with van der Waals surface area (Å²) in [6.07, 6.45) is 0.210. The Bertz CT molecular complexity index is 425. The zero-order valence-electron chi connectivity index (χ0n) is 10.4. The molecule has 100 valence electrons. The van der Waals surface area contributed by atoms with Gasteiger partial charge in [-0.1, -0.05) is 36.2 Å². The predicted molar refractivity (Wildman–Crippen MR) is 71.9 cm³/mol. The van der Waals surface area contributed by atoms with Gasteiger partial charge in [0, 0.05) is 11.0 Å². The van der Waals surface area contributed by atoms with E-state index in [1.165, 1.54) is 12.1 Å². The van der Waals surface area contributed by atoms with Crippen LogP contribution in [-0.4, -0.2) is 23.7 Å². The number of halogens is 2. The summed E-state index contributed by atoms with van der Waals surface area (Å²) in [5.74, 6) is -0.998. The van der Waals surface area contributed by atoms with Crippen molar-refractivity contribution >= 4 is 21.8 Å². The molecule has 18 heavy (non-hydrogen) atoms. The molecule has 0 radical (unpaired) electrons. The summed E-state index contributed by atoms with van der Waals surface area (Å²) in [7, 11) is 0. The monoisotopic (exact) mass is 317 g/mol. The molecule has 1 rings (SSSR count). The van der Waals surface area contributed by atoms with Crippen LogP contribution in [-0.2, 0) is 0 Å². The summed E-state index contributed by atoms with van der Waals surface area (Å²) in [5.41, 5.74) is -0.0189. The van der Waals surface area contributed by atoms with Crippen LogP contribution in [0, 0.1) is 11.7 Å². The van der Waals surface area contributed by atoms with E-state index < -0.39 is 17.8 Å². The first-order valence-electron chi connectivity index (χ1n) is 5.87. The molecule has 0 heterocycles. The van der Waals surface area contributed by atoms with Gasteiger partial charge in [-0.2, -0.15) is 0 Å². The molecule has 0 spiro atoms. The molecule has 2 unspecified atom stereocenters. The Labute approximate surface area is 115 Å². The maximum Gasteiger partial charge on any atom is 0.254 e. The molecule has 1 aromatic rings. The van der Waals surface area contributed by atoms with Crippen LogP contribution in [0.3, 0.4) is 0 Å². The zero-order chi connectivity index (χ0) is 13.7. The molecule has 0 saturated carbocycles. The fourth-order valence-electron chi connectivity index (χ4n) is 1.44. The summed E-state index contributed by atoms with van der Waals surface area (Å²) in [4.78, 5) is 11.7. The Morgan fingerprint density at radius 3 is 2.78 bits per heavy atom. The van der Waals surface area contributed by atoms with Crippen LogP contribution in [0.25, 0.3) is 0 Å². The van der Waals surface area contributed by atoms with E-state index in [0.717, 1.165) is 6.42 Å². The van der Waals surface area contributed by atoms with Crippen molar-refractivity contribution in [1.82, 2.24) is 5.32 Å². The number of carbonyl (C=O) groups is 1. The van der Waals surface area contributed by atoms with Crippen LogP contribution in [0.4, 0.5) is 4.39 Å². The minimum atomic E-state index is -0.613. The number of amides is 1. The van der Waals surface area contributed by atoms with Crippen LogP contribution in [0.1, 0.15) is 30.6 Å². The van der Waals surface area contributed by atoms with Gasteiger partial charge in [0.1, 0.15) is 5.82 Å². The molecule has 1 amide bonds.